The lowest BCUT2D eigenvalue weighted by molar-refractivity contribution is 0.166. The minimum atomic E-state index is -3.57. The summed E-state index contributed by atoms with van der Waals surface area (Å²) in [7, 11) is -6.90. The minimum Gasteiger partial charge on any atom is -0.229 e. The van der Waals surface area contributed by atoms with Gasteiger partial charge in [-0.15, -0.1) is 0 Å². The molecule has 0 aromatic carbocycles. The van der Waals surface area contributed by atoms with E-state index in [0.717, 1.165) is 12.7 Å². The summed E-state index contributed by atoms with van der Waals surface area (Å²) in [5.41, 5.74) is -0.00890. The zero-order chi connectivity index (χ0) is 16.5. The molecule has 0 bridgehead atoms. The van der Waals surface area contributed by atoms with Crippen LogP contribution in [0.4, 0.5) is 0 Å². The van der Waals surface area contributed by atoms with Crippen molar-refractivity contribution in [2.75, 3.05) is 17.8 Å². The maximum Gasteiger partial charge on any atom is 0.155 e. The van der Waals surface area contributed by atoms with Crippen LogP contribution in [0.1, 0.15) is 40.0 Å². The molecule has 0 aromatic rings. The number of hydrogen-bond donors (Lipinski definition) is 0. The Labute approximate surface area is 128 Å². The van der Waals surface area contributed by atoms with Crippen molar-refractivity contribution in [2.45, 2.75) is 45.3 Å². The van der Waals surface area contributed by atoms with Gasteiger partial charge in [-0.05, 0) is 30.6 Å². The molecule has 3 unspecified atom stereocenters. The van der Waals surface area contributed by atoms with Crippen LogP contribution in [0.25, 0.3) is 0 Å². The third kappa shape index (κ3) is 5.26. The monoisotopic (exact) mass is 335 g/mol. The highest BCUT2D eigenvalue weighted by atomic mass is 32.2. The van der Waals surface area contributed by atoms with Gasteiger partial charge in [0.2, 0.25) is 0 Å². The van der Waals surface area contributed by atoms with Crippen LogP contribution in [0, 0.1) is 28.6 Å². The van der Waals surface area contributed by atoms with E-state index in [1.54, 1.807) is 0 Å². The van der Waals surface area contributed by atoms with Crippen LogP contribution in [0.5, 0.6) is 0 Å². The fraction of sp³-hybridized carbons (Fsp3) is 0.929. The third-order valence-corrected chi connectivity index (χ3v) is 7.80. The second-order valence-electron chi connectivity index (χ2n) is 7.15. The van der Waals surface area contributed by atoms with Crippen LogP contribution < -0.4 is 0 Å². The Morgan fingerprint density at radius 3 is 2.10 bits per heavy atom. The first-order valence-electron chi connectivity index (χ1n) is 7.16. The van der Waals surface area contributed by atoms with Crippen LogP contribution in [-0.2, 0) is 19.7 Å². The molecule has 1 saturated carbocycles. The van der Waals surface area contributed by atoms with Gasteiger partial charge in [0, 0.05) is 6.26 Å². The van der Waals surface area contributed by atoms with Crippen LogP contribution in [-0.4, -0.2) is 39.8 Å². The van der Waals surface area contributed by atoms with E-state index < -0.39 is 30.8 Å². The summed E-state index contributed by atoms with van der Waals surface area (Å²) in [5.74, 6) is -1.04. The lowest BCUT2D eigenvalue weighted by Crippen LogP contribution is -2.41. The summed E-state index contributed by atoms with van der Waals surface area (Å²) in [4.78, 5) is 0. The van der Waals surface area contributed by atoms with E-state index in [1.807, 2.05) is 0 Å². The molecule has 0 N–H and O–H groups in total. The van der Waals surface area contributed by atoms with Gasteiger partial charge in [-0.3, -0.25) is 0 Å². The Morgan fingerprint density at radius 2 is 1.67 bits per heavy atom. The zero-order valence-electron chi connectivity index (χ0n) is 13.2. The fourth-order valence-corrected chi connectivity index (χ4v) is 6.55. The summed E-state index contributed by atoms with van der Waals surface area (Å²) in [6, 6.07) is 2.10. The van der Waals surface area contributed by atoms with Gasteiger partial charge in [-0.1, -0.05) is 20.8 Å². The zero-order valence-corrected chi connectivity index (χ0v) is 14.8. The molecule has 122 valence electrons. The topological polar surface area (TPSA) is 92.1 Å². The van der Waals surface area contributed by atoms with Crippen molar-refractivity contribution < 1.29 is 16.8 Å². The number of hydrogen-bond acceptors (Lipinski definition) is 5. The third-order valence-electron chi connectivity index (χ3n) is 4.38. The van der Waals surface area contributed by atoms with Crippen molar-refractivity contribution in [1.82, 2.24) is 0 Å². The normalized spacial score (nSPS) is 28.0. The van der Waals surface area contributed by atoms with Gasteiger partial charge in [-0.2, -0.15) is 5.26 Å². The van der Waals surface area contributed by atoms with Gasteiger partial charge < -0.3 is 0 Å². The smallest absolute Gasteiger partial charge is 0.155 e. The highest BCUT2D eigenvalue weighted by Crippen LogP contribution is 2.42. The number of nitriles is 1. The van der Waals surface area contributed by atoms with Crippen molar-refractivity contribution in [3.63, 3.8) is 0 Å². The van der Waals surface area contributed by atoms with E-state index in [4.69, 9.17) is 0 Å². The summed E-state index contributed by atoms with van der Waals surface area (Å²) < 4.78 is 47.3. The maximum absolute atomic E-state index is 12.5. The second kappa shape index (κ2) is 6.25. The van der Waals surface area contributed by atoms with Gasteiger partial charge in [0.15, 0.2) is 9.84 Å². The highest BCUT2D eigenvalue weighted by Gasteiger charge is 2.42. The SMILES string of the molecule is CC(C)(C)C1CCC(C#N)C(S(=O)(=O)CCS(C)(=O)=O)C1. The van der Waals surface area contributed by atoms with E-state index in [9.17, 15) is 22.1 Å². The van der Waals surface area contributed by atoms with Crippen LogP contribution in [0.2, 0.25) is 0 Å². The minimum absolute atomic E-state index is 0.00890. The number of nitrogens with zero attached hydrogens (tertiary/aromatic N) is 1. The van der Waals surface area contributed by atoms with Crippen LogP contribution in [0.15, 0.2) is 0 Å². The molecule has 0 spiro atoms. The van der Waals surface area contributed by atoms with Gasteiger partial charge in [0.05, 0.1) is 28.7 Å². The lowest BCUT2D eigenvalue weighted by Gasteiger charge is -2.39. The molecule has 3 atom stereocenters. The molecule has 21 heavy (non-hydrogen) atoms. The molecule has 0 aromatic heterocycles. The standard InChI is InChI=1S/C14H25NO4S2/c1-14(2,3)12-6-5-11(10-15)13(9-12)21(18,19)8-7-20(4,16)17/h11-13H,5-9H2,1-4H3. The molecule has 7 heteroatoms. The largest absolute Gasteiger partial charge is 0.229 e. The quantitative estimate of drug-likeness (QED) is 0.781. The average Bonchev–Trinajstić information content (AvgIpc) is 2.34. The van der Waals surface area contributed by atoms with E-state index in [2.05, 4.69) is 26.8 Å². The second-order valence-corrected chi connectivity index (χ2v) is 11.7. The predicted molar refractivity (Wildman–Crippen MR) is 83.2 cm³/mol. The molecule has 0 saturated heterocycles. The lowest BCUT2D eigenvalue weighted by atomic mass is 9.70. The van der Waals surface area contributed by atoms with Crippen molar-refractivity contribution >= 4 is 19.7 Å². The summed E-state index contributed by atoms with van der Waals surface area (Å²) in [6.07, 6.45) is 2.90. The first kappa shape index (κ1) is 18.4. The fourth-order valence-electron chi connectivity index (χ4n) is 2.88. The Kier molecular flexibility index (Phi) is 5.49. The molecule has 0 radical (unpaired) electrons. The molecule has 0 heterocycles. The van der Waals surface area contributed by atoms with E-state index >= 15 is 0 Å². The Balaban J connectivity index is 2.96. The average molecular weight is 335 g/mol. The van der Waals surface area contributed by atoms with Crippen molar-refractivity contribution in [3.05, 3.63) is 0 Å². The summed E-state index contributed by atoms with van der Waals surface area (Å²) >= 11 is 0. The van der Waals surface area contributed by atoms with Gasteiger partial charge in [-0.25, -0.2) is 16.8 Å². The molecule has 1 fully saturated rings. The van der Waals surface area contributed by atoms with E-state index in [-0.39, 0.29) is 22.8 Å². The van der Waals surface area contributed by atoms with E-state index in [1.165, 1.54) is 0 Å². The number of sulfone groups is 2. The summed E-state index contributed by atoms with van der Waals surface area (Å²) in [6.45, 7) is 6.22. The van der Waals surface area contributed by atoms with Crippen molar-refractivity contribution in [2.24, 2.45) is 17.3 Å². The van der Waals surface area contributed by atoms with Crippen LogP contribution in [0.3, 0.4) is 0 Å². The maximum atomic E-state index is 12.5. The molecular formula is C14H25NO4S2. The Hall–Kier alpha value is -0.610. The predicted octanol–water partition coefficient (Wildman–Crippen LogP) is 1.80. The van der Waals surface area contributed by atoms with Crippen LogP contribution >= 0.6 is 0 Å². The highest BCUT2D eigenvalue weighted by molar-refractivity contribution is 7.95. The van der Waals surface area contributed by atoms with E-state index in [0.29, 0.717) is 12.8 Å². The molecule has 1 rings (SSSR count). The molecule has 5 nitrogen and oxygen atoms in total. The molecule has 1 aliphatic rings. The van der Waals surface area contributed by atoms with Gasteiger partial charge in [0.25, 0.3) is 0 Å². The first-order chi connectivity index (χ1) is 9.37. The first-order valence-corrected chi connectivity index (χ1v) is 10.9. The van der Waals surface area contributed by atoms with Crippen molar-refractivity contribution in [3.8, 4) is 6.07 Å². The molecule has 0 aliphatic heterocycles. The Morgan fingerprint density at radius 1 is 1.10 bits per heavy atom. The molecule has 0 amide bonds. The molecule has 1 aliphatic carbocycles. The van der Waals surface area contributed by atoms with Gasteiger partial charge in [0.1, 0.15) is 9.84 Å². The summed E-state index contributed by atoms with van der Waals surface area (Å²) in [5, 5.41) is 8.48. The van der Waals surface area contributed by atoms with Gasteiger partial charge >= 0.3 is 0 Å². The Bertz CT molecular complexity index is 608. The number of rotatable bonds is 4. The molecular weight excluding hydrogens is 310 g/mol. The van der Waals surface area contributed by atoms with Crippen molar-refractivity contribution in [1.29, 1.82) is 5.26 Å².